The second-order valence-corrected chi connectivity index (χ2v) is 5.64. The summed E-state index contributed by atoms with van der Waals surface area (Å²) in [6.45, 7) is 0. The first-order valence-corrected chi connectivity index (χ1v) is 7.31. The molecule has 6 nitrogen and oxygen atoms in total. The van der Waals surface area contributed by atoms with Crippen molar-refractivity contribution in [1.82, 2.24) is 10.6 Å². The van der Waals surface area contributed by atoms with Crippen LogP contribution < -0.4 is 10.6 Å². The minimum atomic E-state index is -0.536. The molecule has 0 radical (unpaired) electrons. The van der Waals surface area contributed by atoms with Crippen LogP contribution >= 0.6 is 11.6 Å². The standard InChI is InChI=1S/C14H18ClN3O3/c1-16-9-2-4-10(5-3-9)17-14(19)12-8-11(18(20)21)6-7-13(12)15/h6-10,16H,2-5H2,1H3,(H,17,19). The highest BCUT2D eigenvalue weighted by molar-refractivity contribution is 6.33. The van der Waals surface area contributed by atoms with Gasteiger partial charge >= 0.3 is 0 Å². The Morgan fingerprint density at radius 2 is 1.90 bits per heavy atom. The fourth-order valence-corrected chi connectivity index (χ4v) is 2.79. The van der Waals surface area contributed by atoms with Crippen molar-refractivity contribution in [2.45, 2.75) is 37.8 Å². The van der Waals surface area contributed by atoms with E-state index < -0.39 is 4.92 Å². The van der Waals surface area contributed by atoms with Gasteiger partial charge in [0.15, 0.2) is 0 Å². The largest absolute Gasteiger partial charge is 0.349 e. The molecule has 1 saturated carbocycles. The minimum absolute atomic E-state index is 0.0948. The summed E-state index contributed by atoms with van der Waals surface area (Å²) in [5.41, 5.74) is 0.0186. The molecule has 0 aliphatic heterocycles. The van der Waals surface area contributed by atoms with Crippen molar-refractivity contribution in [2.75, 3.05) is 7.05 Å². The van der Waals surface area contributed by atoms with Gasteiger partial charge in [-0.1, -0.05) is 11.6 Å². The highest BCUT2D eigenvalue weighted by atomic mass is 35.5. The van der Waals surface area contributed by atoms with Gasteiger partial charge in [-0.05, 0) is 38.8 Å². The Labute approximate surface area is 128 Å². The molecule has 1 fully saturated rings. The van der Waals surface area contributed by atoms with Crippen molar-refractivity contribution < 1.29 is 9.72 Å². The normalized spacial score (nSPS) is 21.8. The van der Waals surface area contributed by atoms with E-state index in [-0.39, 0.29) is 28.2 Å². The molecule has 0 unspecified atom stereocenters. The number of hydrogen-bond donors (Lipinski definition) is 2. The topological polar surface area (TPSA) is 84.3 Å². The summed E-state index contributed by atoms with van der Waals surface area (Å²) in [6, 6.07) is 4.48. The lowest BCUT2D eigenvalue weighted by atomic mass is 9.91. The van der Waals surface area contributed by atoms with Crippen LogP contribution in [0.15, 0.2) is 18.2 Å². The van der Waals surface area contributed by atoms with E-state index in [1.54, 1.807) is 0 Å². The summed E-state index contributed by atoms with van der Waals surface area (Å²) < 4.78 is 0. The molecule has 1 aromatic rings. The van der Waals surface area contributed by atoms with E-state index in [0.29, 0.717) is 6.04 Å². The van der Waals surface area contributed by atoms with Crippen LogP contribution in [0.5, 0.6) is 0 Å². The monoisotopic (exact) mass is 311 g/mol. The molecular weight excluding hydrogens is 294 g/mol. The Balaban J connectivity index is 2.03. The number of nitro benzene ring substituents is 1. The fourth-order valence-electron chi connectivity index (χ4n) is 2.59. The molecule has 0 aromatic heterocycles. The molecule has 1 amide bonds. The lowest BCUT2D eigenvalue weighted by Gasteiger charge is -2.28. The molecule has 0 atom stereocenters. The molecule has 0 spiro atoms. The number of amides is 1. The van der Waals surface area contributed by atoms with E-state index >= 15 is 0 Å². The zero-order valence-corrected chi connectivity index (χ0v) is 12.5. The van der Waals surface area contributed by atoms with Crippen LogP contribution in [-0.4, -0.2) is 30.0 Å². The van der Waals surface area contributed by atoms with Gasteiger partial charge in [-0.2, -0.15) is 0 Å². The Bertz CT molecular complexity index is 542. The van der Waals surface area contributed by atoms with E-state index in [9.17, 15) is 14.9 Å². The van der Waals surface area contributed by atoms with Gasteiger partial charge in [0.25, 0.3) is 11.6 Å². The molecule has 2 rings (SSSR count). The van der Waals surface area contributed by atoms with E-state index in [0.717, 1.165) is 25.7 Å². The minimum Gasteiger partial charge on any atom is -0.349 e. The number of nitro groups is 1. The highest BCUT2D eigenvalue weighted by Crippen LogP contribution is 2.23. The molecule has 0 heterocycles. The zero-order valence-electron chi connectivity index (χ0n) is 11.8. The van der Waals surface area contributed by atoms with E-state index in [2.05, 4.69) is 10.6 Å². The predicted molar refractivity (Wildman–Crippen MR) is 80.7 cm³/mol. The summed E-state index contributed by atoms with van der Waals surface area (Å²) in [5.74, 6) is -0.350. The number of benzene rings is 1. The predicted octanol–water partition coefficient (Wildman–Crippen LogP) is 2.51. The van der Waals surface area contributed by atoms with Gasteiger partial charge in [-0.15, -0.1) is 0 Å². The average molecular weight is 312 g/mol. The molecule has 2 N–H and O–H groups in total. The smallest absolute Gasteiger partial charge is 0.270 e. The third-order valence-electron chi connectivity index (χ3n) is 3.88. The van der Waals surface area contributed by atoms with Gasteiger partial charge in [-0.25, -0.2) is 0 Å². The van der Waals surface area contributed by atoms with Gasteiger partial charge < -0.3 is 10.6 Å². The Kier molecular flexibility index (Phi) is 5.14. The van der Waals surface area contributed by atoms with Crippen LogP contribution in [0.1, 0.15) is 36.0 Å². The lowest BCUT2D eigenvalue weighted by molar-refractivity contribution is -0.384. The third-order valence-corrected chi connectivity index (χ3v) is 4.21. The average Bonchev–Trinajstić information content (AvgIpc) is 2.48. The zero-order chi connectivity index (χ0) is 15.4. The number of halogens is 1. The van der Waals surface area contributed by atoms with Gasteiger partial charge in [-0.3, -0.25) is 14.9 Å². The van der Waals surface area contributed by atoms with E-state index in [4.69, 9.17) is 11.6 Å². The lowest BCUT2D eigenvalue weighted by Crippen LogP contribution is -2.41. The number of rotatable bonds is 4. The quantitative estimate of drug-likeness (QED) is 0.661. The number of nitrogens with zero attached hydrogens (tertiary/aromatic N) is 1. The Hall–Kier alpha value is -1.66. The van der Waals surface area contributed by atoms with Crippen molar-refractivity contribution >= 4 is 23.2 Å². The summed E-state index contributed by atoms with van der Waals surface area (Å²) in [4.78, 5) is 22.5. The molecule has 0 saturated heterocycles. The Morgan fingerprint density at radius 1 is 1.29 bits per heavy atom. The van der Waals surface area contributed by atoms with Crippen LogP contribution in [0, 0.1) is 10.1 Å². The molecule has 1 aliphatic carbocycles. The van der Waals surface area contributed by atoms with Crippen LogP contribution in [0.2, 0.25) is 5.02 Å². The van der Waals surface area contributed by atoms with E-state index in [1.807, 2.05) is 7.05 Å². The number of nitrogens with one attached hydrogen (secondary N) is 2. The molecule has 1 aliphatic rings. The maximum absolute atomic E-state index is 12.2. The molecule has 1 aromatic carbocycles. The van der Waals surface area contributed by atoms with Gasteiger partial charge in [0.05, 0.1) is 15.5 Å². The third kappa shape index (κ3) is 3.92. The molecule has 0 bridgehead atoms. The summed E-state index contributed by atoms with van der Waals surface area (Å²) in [5, 5.41) is 17.1. The molecule has 21 heavy (non-hydrogen) atoms. The summed E-state index contributed by atoms with van der Waals surface area (Å²) >= 11 is 5.97. The van der Waals surface area contributed by atoms with Crippen molar-refractivity contribution in [2.24, 2.45) is 0 Å². The summed E-state index contributed by atoms with van der Waals surface area (Å²) in [6.07, 6.45) is 3.79. The number of carbonyl (C=O) groups is 1. The van der Waals surface area contributed by atoms with Crippen LogP contribution in [0.25, 0.3) is 0 Å². The second kappa shape index (κ2) is 6.87. The van der Waals surface area contributed by atoms with Crippen LogP contribution in [0.4, 0.5) is 5.69 Å². The van der Waals surface area contributed by atoms with Crippen LogP contribution in [0.3, 0.4) is 0 Å². The van der Waals surface area contributed by atoms with Gasteiger partial charge in [0.1, 0.15) is 0 Å². The van der Waals surface area contributed by atoms with Gasteiger partial charge in [0, 0.05) is 24.2 Å². The van der Waals surface area contributed by atoms with E-state index in [1.165, 1.54) is 18.2 Å². The van der Waals surface area contributed by atoms with Crippen molar-refractivity contribution in [1.29, 1.82) is 0 Å². The first-order valence-electron chi connectivity index (χ1n) is 6.93. The van der Waals surface area contributed by atoms with Gasteiger partial charge in [0.2, 0.25) is 0 Å². The number of non-ortho nitro benzene ring substituents is 1. The second-order valence-electron chi connectivity index (χ2n) is 5.23. The SMILES string of the molecule is CNC1CCC(NC(=O)c2cc([N+](=O)[O-])ccc2Cl)CC1. The first kappa shape index (κ1) is 15.7. The maximum atomic E-state index is 12.2. The number of carbonyl (C=O) groups excluding carboxylic acids is 1. The summed E-state index contributed by atoms with van der Waals surface area (Å²) in [7, 11) is 1.94. The highest BCUT2D eigenvalue weighted by Gasteiger charge is 2.23. The molecule has 114 valence electrons. The number of hydrogen-bond acceptors (Lipinski definition) is 4. The van der Waals surface area contributed by atoms with Crippen molar-refractivity contribution in [3.05, 3.63) is 38.9 Å². The Morgan fingerprint density at radius 3 is 2.48 bits per heavy atom. The van der Waals surface area contributed by atoms with Crippen molar-refractivity contribution in [3.63, 3.8) is 0 Å². The fraction of sp³-hybridized carbons (Fsp3) is 0.500. The maximum Gasteiger partial charge on any atom is 0.270 e. The van der Waals surface area contributed by atoms with Crippen LogP contribution in [-0.2, 0) is 0 Å². The van der Waals surface area contributed by atoms with Crippen molar-refractivity contribution in [3.8, 4) is 0 Å². The first-order chi connectivity index (χ1) is 10.0. The molecule has 7 heteroatoms. The molecular formula is C14H18ClN3O3.